The topological polar surface area (TPSA) is 93.1 Å². The Labute approximate surface area is 147 Å². The molecule has 1 fully saturated rings. The van der Waals surface area contributed by atoms with Crippen LogP contribution < -0.4 is 11.1 Å². The van der Waals surface area contributed by atoms with Crippen molar-refractivity contribution >= 4 is 11.7 Å². The van der Waals surface area contributed by atoms with Gasteiger partial charge in [-0.05, 0) is 56.0 Å². The van der Waals surface area contributed by atoms with E-state index in [-0.39, 0.29) is 16.9 Å². The second kappa shape index (κ2) is 7.41. The van der Waals surface area contributed by atoms with Crippen LogP contribution in [0, 0.1) is 17.2 Å². The van der Waals surface area contributed by atoms with Gasteiger partial charge in [0, 0.05) is 11.9 Å². The summed E-state index contributed by atoms with van der Waals surface area (Å²) in [5.74, 6) is 0.155. The first-order chi connectivity index (χ1) is 12.1. The maximum absolute atomic E-state index is 12.0. The lowest BCUT2D eigenvalue weighted by atomic mass is 9.91. The van der Waals surface area contributed by atoms with E-state index in [1.165, 1.54) is 25.5 Å². The Morgan fingerprint density at radius 2 is 2.04 bits per heavy atom. The highest BCUT2D eigenvalue weighted by atomic mass is 16.5. The number of nitriles is 1. The molecule has 0 aliphatic carbocycles. The van der Waals surface area contributed by atoms with Gasteiger partial charge in [-0.1, -0.05) is 12.1 Å². The number of nitrogens with zero attached hydrogens (tertiary/aromatic N) is 2. The molecule has 0 atom stereocenters. The molecule has 1 aliphatic rings. The largest absolute Gasteiger partial charge is 0.464 e. The van der Waals surface area contributed by atoms with Crippen LogP contribution in [0.25, 0.3) is 5.69 Å². The van der Waals surface area contributed by atoms with E-state index in [1.54, 1.807) is 10.8 Å². The van der Waals surface area contributed by atoms with Crippen molar-refractivity contribution in [3.05, 3.63) is 47.3 Å². The molecule has 1 aliphatic heterocycles. The maximum atomic E-state index is 12.0. The molecule has 2 aromatic rings. The third kappa shape index (κ3) is 3.52. The summed E-state index contributed by atoms with van der Waals surface area (Å²) in [5.41, 5.74) is 8.58. The SMILES string of the molecule is COC(=O)c1c(N)c(C#N)cn1-c1ccc(CC2CCNCC2)cc1. The van der Waals surface area contributed by atoms with Crippen molar-refractivity contribution in [3.63, 3.8) is 0 Å². The Bertz CT molecular complexity index is 796. The van der Waals surface area contributed by atoms with Crippen molar-refractivity contribution in [3.8, 4) is 11.8 Å². The van der Waals surface area contributed by atoms with Gasteiger partial charge in [0.1, 0.15) is 6.07 Å². The van der Waals surface area contributed by atoms with Crippen molar-refractivity contribution in [1.82, 2.24) is 9.88 Å². The van der Waals surface area contributed by atoms with E-state index in [0.717, 1.165) is 25.2 Å². The normalized spacial score (nSPS) is 14.9. The number of aromatic nitrogens is 1. The van der Waals surface area contributed by atoms with Gasteiger partial charge in [0.2, 0.25) is 0 Å². The Morgan fingerprint density at radius 3 is 2.64 bits per heavy atom. The summed E-state index contributed by atoms with van der Waals surface area (Å²) in [6, 6.07) is 10.0. The smallest absolute Gasteiger partial charge is 0.357 e. The molecule has 0 radical (unpaired) electrons. The van der Waals surface area contributed by atoms with Crippen LogP contribution >= 0.6 is 0 Å². The molecule has 1 saturated heterocycles. The number of carbonyl (C=O) groups is 1. The first kappa shape index (κ1) is 17.1. The van der Waals surface area contributed by atoms with Gasteiger partial charge in [0.25, 0.3) is 0 Å². The van der Waals surface area contributed by atoms with Crippen LogP contribution in [0.1, 0.15) is 34.5 Å². The van der Waals surface area contributed by atoms with Gasteiger partial charge in [0.15, 0.2) is 5.69 Å². The number of nitrogens with two attached hydrogens (primary N) is 1. The number of nitrogens with one attached hydrogen (secondary N) is 1. The third-order valence-corrected chi connectivity index (χ3v) is 4.74. The minimum absolute atomic E-state index is 0.146. The molecular formula is C19H22N4O2. The number of carbonyl (C=O) groups excluding carboxylic acids is 1. The lowest BCUT2D eigenvalue weighted by molar-refractivity contribution is 0.0593. The van der Waals surface area contributed by atoms with Gasteiger partial charge in [-0.3, -0.25) is 0 Å². The Hall–Kier alpha value is -2.78. The molecule has 1 aromatic carbocycles. The highest BCUT2D eigenvalue weighted by Gasteiger charge is 2.21. The molecule has 3 rings (SSSR count). The highest BCUT2D eigenvalue weighted by molar-refractivity contribution is 5.95. The number of rotatable bonds is 4. The lowest BCUT2D eigenvalue weighted by Gasteiger charge is -2.22. The summed E-state index contributed by atoms with van der Waals surface area (Å²) in [7, 11) is 1.30. The predicted molar refractivity (Wildman–Crippen MR) is 95.5 cm³/mol. The maximum Gasteiger partial charge on any atom is 0.357 e. The summed E-state index contributed by atoms with van der Waals surface area (Å²) in [6.45, 7) is 2.18. The molecule has 25 heavy (non-hydrogen) atoms. The summed E-state index contributed by atoms with van der Waals surface area (Å²) in [4.78, 5) is 12.0. The van der Waals surface area contributed by atoms with Gasteiger partial charge >= 0.3 is 5.97 Å². The van der Waals surface area contributed by atoms with Gasteiger partial charge in [0.05, 0.1) is 18.4 Å². The van der Waals surface area contributed by atoms with E-state index >= 15 is 0 Å². The van der Waals surface area contributed by atoms with Crippen LogP contribution in [0.4, 0.5) is 5.69 Å². The number of nitrogen functional groups attached to an aromatic ring is 1. The minimum Gasteiger partial charge on any atom is -0.464 e. The highest BCUT2D eigenvalue weighted by Crippen LogP contribution is 2.25. The summed E-state index contributed by atoms with van der Waals surface area (Å²) < 4.78 is 6.43. The number of esters is 1. The standard InChI is InChI=1S/C19H22N4O2/c1-25-19(24)18-17(21)15(11-20)12-23(18)16-4-2-13(3-5-16)10-14-6-8-22-9-7-14/h2-5,12,14,22H,6-10,21H2,1H3. The Kier molecular flexibility index (Phi) is 5.05. The summed E-state index contributed by atoms with van der Waals surface area (Å²) >= 11 is 0. The number of piperidine rings is 1. The van der Waals surface area contributed by atoms with E-state index in [4.69, 9.17) is 10.5 Å². The lowest BCUT2D eigenvalue weighted by Crippen LogP contribution is -2.28. The zero-order chi connectivity index (χ0) is 17.8. The second-order valence-corrected chi connectivity index (χ2v) is 6.34. The molecule has 0 saturated carbocycles. The fourth-order valence-electron chi connectivity index (χ4n) is 3.33. The fraction of sp³-hybridized carbons (Fsp3) is 0.368. The predicted octanol–water partition coefficient (Wildman–Crippen LogP) is 2.26. The molecular weight excluding hydrogens is 316 g/mol. The van der Waals surface area contributed by atoms with Crippen molar-refractivity contribution < 1.29 is 9.53 Å². The Morgan fingerprint density at radius 1 is 1.36 bits per heavy atom. The van der Waals surface area contributed by atoms with Crippen LogP contribution in [0.15, 0.2) is 30.5 Å². The molecule has 0 unspecified atom stereocenters. The number of benzene rings is 1. The first-order valence-corrected chi connectivity index (χ1v) is 8.43. The van der Waals surface area contributed by atoms with Gasteiger partial charge in [-0.15, -0.1) is 0 Å². The summed E-state index contributed by atoms with van der Waals surface area (Å²) in [6.07, 6.45) is 5.04. The van der Waals surface area contributed by atoms with Crippen molar-refractivity contribution in [2.45, 2.75) is 19.3 Å². The van der Waals surface area contributed by atoms with Gasteiger partial charge in [-0.2, -0.15) is 5.26 Å². The quantitative estimate of drug-likeness (QED) is 0.834. The molecule has 2 heterocycles. The van der Waals surface area contributed by atoms with Crippen molar-refractivity contribution in [2.24, 2.45) is 5.92 Å². The molecule has 0 spiro atoms. The number of ether oxygens (including phenoxy) is 1. The van der Waals surface area contributed by atoms with Crippen LogP contribution in [0.2, 0.25) is 0 Å². The molecule has 6 heteroatoms. The molecule has 6 nitrogen and oxygen atoms in total. The third-order valence-electron chi connectivity index (χ3n) is 4.74. The van der Waals surface area contributed by atoms with Crippen LogP contribution in [-0.4, -0.2) is 30.7 Å². The monoisotopic (exact) mass is 338 g/mol. The number of hydrogen-bond donors (Lipinski definition) is 2. The number of hydrogen-bond acceptors (Lipinski definition) is 5. The average molecular weight is 338 g/mol. The fourth-order valence-corrected chi connectivity index (χ4v) is 3.33. The Balaban J connectivity index is 1.87. The van der Waals surface area contributed by atoms with Crippen molar-refractivity contribution in [1.29, 1.82) is 5.26 Å². The zero-order valence-electron chi connectivity index (χ0n) is 14.3. The number of anilines is 1. The van der Waals surface area contributed by atoms with Crippen LogP contribution in [0.3, 0.4) is 0 Å². The molecule has 1 aromatic heterocycles. The van der Waals surface area contributed by atoms with Crippen molar-refractivity contribution in [2.75, 3.05) is 25.9 Å². The van der Waals surface area contributed by atoms with Gasteiger partial charge < -0.3 is 20.4 Å². The number of methoxy groups -OCH3 is 1. The minimum atomic E-state index is -0.558. The molecule has 0 bridgehead atoms. The molecule has 0 amide bonds. The molecule has 3 N–H and O–H groups in total. The summed E-state index contributed by atoms with van der Waals surface area (Å²) in [5, 5.41) is 12.6. The van der Waals surface area contributed by atoms with Gasteiger partial charge in [-0.25, -0.2) is 4.79 Å². The van der Waals surface area contributed by atoms with E-state index < -0.39 is 5.97 Å². The van der Waals surface area contributed by atoms with Crippen LogP contribution in [-0.2, 0) is 11.2 Å². The second-order valence-electron chi connectivity index (χ2n) is 6.34. The first-order valence-electron chi connectivity index (χ1n) is 8.43. The molecule has 130 valence electrons. The van der Waals surface area contributed by atoms with E-state index in [0.29, 0.717) is 5.92 Å². The van der Waals surface area contributed by atoms with E-state index in [9.17, 15) is 10.1 Å². The van der Waals surface area contributed by atoms with E-state index in [2.05, 4.69) is 17.4 Å². The van der Waals surface area contributed by atoms with Crippen LogP contribution in [0.5, 0.6) is 0 Å². The van der Waals surface area contributed by atoms with E-state index in [1.807, 2.05) is 18.2 Å². The average Bonchev–Trinajstić information content (AvgIpc) is 2.99. The zero-order valence-corrected chi connectivity index (χ0v) is 14.3.